The lowest BCUT2D eigenvalue weighted by Gasteiger charge is -2.26. The molecular weight excluding hydrogens is 174 g/mol. The molecule has 2 rings (SSSR count). The maximum Gasteiger partial charge on any atom is 0.119 e. The average molecular weight is 191 g/mol. The predicted octanol–water partition coefficient (Wildman–Crippen LogP) is 2.34. The second-order valence-electron chi connectivity index (χ2n) is 3.85. The van der Waals surface area contributed by atoms with Gasteiger partial charge in [-0.15, -0.1) is 0 Å². The number of ether oxygens (including phenoxy) is 1. The second-order valence-corrected chi connectivity index (χ2v) is 3.85. The van der Waals surface area contributed by atoms with E-state index in [1.54, 1.807) is 0 Å². The van der Waals surface area contributed by atoms with E-state index >= 15 is 0 Å². The molecule has 0 atom stereocenters. The fourth-order valence-corrected chi connectivity index (χ4v) is 1.57. The van der Waals surface area contributed by atoms with Crippen LogP contribution in [0.3, 0.4) is 0 Å². The van der Waals surface area contributed by atoms with Crippen LogP contribution in [-0.2, 0) is 6.54 Å². The van der Waals surface area contributed by atoms with Gasteiger partial charge in [-0.05, 0) is 44.0 Å². The van der Waals surface area contributed by atoms with Crippen LogP contribution in [0.4, 0.5) is 0 Å². The van der Waals surface area contributed by atoms with Gasteiger partial charge in [0.05, 0.1) is 6.10 Å². The fraction of sp³-hybridized carbons (Fsp3) is 0.500. The summed E-state index contributed by atoms with van der Waals surface area (Å²) in [7, 11) is 1.96. The largest absolute Gasteiger partial charge is 0.490 e. The molecule has 2 heteroatoms. The monoisotopic (exact) mass is 191 g/mol. The topological polar surface area (TPSA) is 21.3 Å². The molecule has 1 aliphatic carbocycles. The van der Waals surface area contributed by atoms with Crippen molar-refractivity contribution in [3.8, 4) is 5.75 Å². The molecule has 0 unspecified atom stereocenters. The molecule has 1 saturated carbocycles. The van der Waals surface area contributed by atoms with E-state index in [4.69, 9.17) is 4.74 Å². The summed E-state index contributed by atoms with van der Waals surface area (Å²) in [6, 6.07) is 8.35. The average Bonchev–Trinajstić information content (AvgIpc) is 2.14. The molecule has 2 nitrogen and oxygen atoms in total. The highest BCUT2D eigenvalue weighted by atomic mass is 16.5. The zero-order valence-corrected chi connectivity index (χ0v) is 8.62. The van der Waals surface area contributed by atoms with E-state index in [0.717, 1.165) is 12.3 Å². The Hall–Kier alpha value is -1.02. The van der Waals surface area contributed by atoms with Crippen molar-refractivity contribution in [3.63, 3.8) is 0 Å². The third-order valence-electron chi connectivity index (χ3n) is 2.66. The van der Waals surface area contributed by atoms with Crippen LogP contribution < -0.4 is 10.1 Å². The van der Waals surface area contributed by atoms with Crippen molar-refractivity contribution in [2.75, 3.05) is 7.05 Å². The standard InChI is InChI=1S/C12H17NO/c1-13-9-10-5-7-12(8-6-10)14-11-3-2-4-11/h5-8,11,13H,2-4,9H2,1H3. The number of rotatable bonds is 4. The minimum atomic E-state index is 0.477. The summed E-state index contributed by atoms with van der Waals surface area (Å²) in [6.07, 6.45) is 4.24. The van der Waals surface area contributed by atoms with Crippen LogP contribution in [0.1, 0.15) is 24.8 Å². The molecule has 0 bridgehead atoms. The zero-order chi connectivity index (χ0) is 9.80. The smallest absolute Gasteiger partial charge is 0.119 e. The normalized spacial score (nSPS) is 16.4. The molecule has 1 aromatic carbocycles. The van der Waals surface area contributed by atoms with Crippen LogP contribution in [0.5, 0.6) is 5.75 Å². The van der Waals surface area contributed by atoms with E-state index in [9.17, 15) is 0 Å². The summed E-state index contributed by atoms with van der Waals surface area (Å²) in [5.41, 5.74) is 1.30. The lowest BCUT2D eigenvalue weighted by atomic mass is 9.96. The maximum atomic E-state index is 5.76. The van der Waals surface area contributed by atoms with Crippen molar-refractivity contribution >= 4 is 0 Å². The van der Waals surface area contributed by atoms with Gasteiger partial charge in [0.2, 0.25) is 0 Å². The SMILES string of the molecule is CNCc1ccc(OC2CCC2)cc1. The maximum absolute atomic E-state index is 5.76. The molecule has 0 aromatic heterocycles. The molecule has 0 saturated heterocycles. The van der Waals surface area contributed by atoms with Crippen LogP contribution >= 0.6 is 0 Å². The Morgan fingerprint density at radius 2 is 2.00 bits per heavy atom. The zero-order valence-electron chi connectivity index (χ0n) is 8.62. The van der Waals surface area contributed by atoms with E-state index in [2.05, 4.69) is 29.6 Å². The van der Waals surface area contributed by atoms with Crippen LogP contribution in [0.15, 0.2) is 24.3 Å². The van der Waals surface area contributed by atoms with Gasteiger partial charge < -0.3 is 10.1 Å². The summed E-state index contributed by atoms with van der Waals surface area (Å²) in [4.78, 5) is 0. The van der Waals surface area contributed by atoms with Gasteiger partial charge in [-0.3, -0.25) is 0 Å². The third-order valence-corrected chi connectivity index (χ3v) is 2.66. The van der Waals surface area contributed by atoms with Crippen molar-refractivity contribution < 1.29 is 4.74 Å². The van der Waals surface area contributed by atoms with E-state index in [1.165, 1.54) is 24.8 Å². The Balaban J connectivity index is 1.91. The summed E-state index contributed by atoms with van der Waals surface area (Å²) in [5, 5.41) is 3.13. The van der Waals surface area contributed by atoms with Gasteiger partial charge in [-0.1, -0.05) is 12.1 Å². The van der Waals surface area contributed by atoms with E-state index in [1.807, 2.05) is 7.05 Å². The van der Waals surface area contributed by atoms with Gasteiger partial charge in [-0.2, -0.15) is 0 Å². The van der Waals surface area contributed by atoms with Gasteiger partial charge in [0.1, 0.15) is 5.75 Å². The second kappa shape index (κ2) is 4.47. The number of benzene rings is 1. The number of hydrogen-bond acceptors (Lipinski definition) is 2. The van der Waals surface area contributed by atoms with Crippen LogP contribution in [0.2, 0.25) is 0 Å². The fourth-order valence-electron chi connectivity index (χ4n) is 1.57. The van der Waals surface area contributed by atoms with Crippen LogP contribution in [0, 0.1) is 0 Å². The Bertz CT molecular complexity index is 277. The van der Waals surface area contributed by atoms with Gasteiger partial charge >= 0.3 is 0 Å². The highest BCUT2D eigenvalue weighted by molar-refractivity contribution is 5.27. The third kappa shape index (κ3) is 2.26. The summed E-state index contributed by atoms with van der Waals surface area (Å²) >= 11 is 0. The predicted molar refractivity (Wildman–Crippen MR) is 57.5 cm³/mol. The highest BCUT2D eigenvalue weighted by Crippen LogP contribution is 2.25. The van der Waals surface area contributed by atoms with Crippen LogP contribution in [-0.4, -0.2) is 13.2 Å². The lowest BCUT2D eigenvalue weighted by molar-refractivity contribution is 0.120. The minimum absolute atomic E-state index is 0.477. The summed E-state index contributed by atoms with van der Waals surface area (Å²) < 4.78 is 5.76. The Morgan fingerprint density at radius 1 is 1.29 bits per heavy atom. The number of nitrogens with one attached hydrogen (secondary N) is 1. The van der Waals surface area contributed by atoms with E-state index in [-0.39, 0.29) is 0 Å². The Kier molecular flexibility index (Phi) is 3.04. The molecule has 1 fully saturated rings. The lowest BCUT2D eigenvalue weighted by Crippen LogP contribution is -2.24. The van der Waals surface area contributed by atoms with Crippen LogP contribution in [0.25, 0.3) is 0 Å². The van der Waals surface area contributed by atoms with Gasteiger partial charge in [0.25, 0.3) is 0 Å². The molecule has 0 heterocycles. The van der Waals surface area contributed by atoms with Gasteiger partial charge in [0.15, 0.2) is 0 Å². The van der Waals surface area contributed by atoms with Crippen molar-refractivity contribution in [1.82, 2.24) is 5.32 Å². The van der Waals surface area contributed by atoms with E-state index < -0.39 is 0 Å². The highest BCUT2D eigenvalue weighted by Gasteiger charge is 2.18. The molecule has 1 aliphatic rings. The quantitative estimate of drug-likeness (QED) is 0.788. The first kappa shape index (κ1) is 9.53. The molecule has 0 amide bonds. The molecule has 76 valence electrons. The van der Waals surface area contributed by atoms with E-state index in [0.29, 0.717) is 6.10 Å². The van der Waals surface area contributed by atoms with Crippen molar-refractivity contribution in [2.24, 2.45) is 0 Å². The molecular formula is C12H17NO. The molecule has 1 aromatic rings. The Morgan fingerprint density at radius 3 is 2.50 bits per heavy atom. The minimum Gasteiger partial charge on any atom is -0.490 e. The van der Waals surface area contributed by atoms with Crippen molar-refractivity contribution in [1.29, 1.82) is 0 Å². The first-order valence-electron chi connectivity index (χ1n) is 5.28. The molecule has 0 spiro atoms. The van der Waals surface area contributed by atoms with Gasteiger partial charge in [0, 0.05) is 6.54 Å². The first-order valence-corrected chi connectivity index (χ1v) is 5.28. The molecule has 14 heavy (non-hydrogen) atoms. The summed E-state index contributed by atoms with van der Waals surface area (Å²) in [6.45, 7) is 0.920. The van der Waals surface area contributed by atoms with Crippen molar-refractivity contribution in [3.05, 3.63) is 29.8 Å². The van der Waals surface area contributed by atoms with Gasteiger partial charge in [-0.25, -0.2) is 0 Å². The molecule has 0 radical (unpaired) electrons. The molecule has 0 aliphatic heterocycles. The first-order chi connectivity index (χ1) is 6.88. The number of hydrogen-bond donors (Lipinski definition) is 1. The Labute approximate surface area is 85.3 Å². The molecule has 1 N–H and O–H groups in total. The summed E-state index contributed by atoms with van der Waals surface area (Å²) in [5.74, 6) is 1.01. The van der Waals surface area contributed by atoms with Crippen molar-refractivity contribution in [2.45, 2.75) is 31.9 Å².